The van der Waals surface area contributed by atoms with Crippen molar-refractivity contribution >= 4 is 28.3 Å². The Hall–Kier alpha value is -0.0900. The van der Waals surface area contributed by atoms with Crippen LogP contribution in [-0.4, -0.2) is 11.7 Å². The Morgan fingerprint density at radius 1 is 1.54 bits per heavy atom. The van der Waals surface area contributed by atoms with E-state index in [4.69, 9.17) is 10.8 Å². The minimum absolute atomic E-state index is 0. The summed E-state index contributed by atoms with van der Waals surface area (Å²) in [4.78, 5) is 0. The summed E-state index contributed by atoms with van der Waals surface area (Å²) in [5, 5.41) is 8.85. The topological polar surface area (TPSA) is 46.2 Å². The van der Waals surface area contributed by atoms with Gasteiger partial charge in [-0.25, -0.2) is 0 Å². The molecule has 0 radical (unpaired) electrons. The summed E-state index contributed by atoms with van der Waals surface area (Å²) in [5.41, 5.74) is 7.78. The molecular weight excluding hydrogens is 253 g/mol. The van der Waals surface area contributed by atoms with Crippen LogP contribution in [0.2, 0.25) is 0 Å². The molecule has 0 saturated carbocycles. The van der Waals surface area contributed by atoms with Crippen molar-refractivity contribution in [1.29, 1.82) is 0 Å². The molecule has 13 heavy (non-hydrogen) atoms. The largest absolute Gasteiger partial charge is 0.394 e. The van der Waals surface area contributed by atoms with Crippen molar-refractivity contribution in [1.82, 2.24) is 0 Å². The first kappa shape index (κ1) is 12.9. The van der Waals surface area contributed by atoms with Gasteiger partial charge in [0.25, 0.3) is 0 Å². The van der Waals surface area contributed by atoms with Gasteiger partial charge >= 0.3 is 0 Å². The van der Waals surface area contributed by atoms with Gasteiger partial charge < -0.3 is 10.8 Å². The second kappa shape index (κ2) is 5.60. The van der Waals surface area contributed by atoms with E-state index in [1.807, 2.05) is 25.1 Å². The monoisotopic (exact) mass is 265 g/mol. The highest BCUT2D eigenvalue weighted by molar-refractivity contribution is 9.10. The van der Waals surface area contributed by atoms with Crippen LogP contribution in [0.25, 0.3) is 0 Å². The maximum Gasteiger partial charge on any atom is 0.0624 e. The number of halogens is 2. The Morgan fingerprint density at radius 2 is 2.15 bits per heavy atom. The molecule has 1 aromatic rings. The van der Waals surface area contributed by atoms with E-state index in [2.05, 4.69) is 15.9 Å². The molecular formula is C9H13BrClNO. The predicted octanol–water partition coefficient (Wildman–Crippen LogP) is 2.17. The van der Waals surface area contributed by atoms with Gasteiger partial charge in [0.15, 0.2) is 0 Å². The smallest absolute Gasteiger partial charge is 0.0624 e. The Morgan fingerprint density at radius 3 is 2.62 bits per heavy atom. The van der Waals surface area contributed by atoms with Crippen LogP contribution in [0.15, 0.2) is 22.7 Å². The molecule has 0 aliphatic rings. The average molecular weight is 267 g/mol. The number of aliphatic hydroxyl groups is 1. The third-order valence-corrected chi connectivity index (χ3v) is 2.32. The van der Waals surface area contributed by atoms with E-state index in [1.54, 1.807) is 0 Å². The molecule has 0 fully saturated rings. The van der Waals surface area contributed by atoms with Crippen molar-refractivity contribution in [2.24, 2.45) is 5.73 Å². The van der Waals surface area contributed by atoms with E-state index in [-0.39, 0.29) is 25.1 Å². The third kappa shape index (κ3) is 3.27. The predicted molar refractivity (Wildman–Crippen MR) is 60.1 cm³/mol. The molecule has 0 heterocycles. The molecule has 0 spiro atoms. The Labute approximate surface area is 92.7 Å². The van der Waals surface area contributed by atoms with E-state index < -0.39 is 0 Å². The lowest BCUT2D eigenvalue weighted by Crippen LogP contribution is -2.15. The Bertz CT molecular complexity index is 280. The summed E-state index contributed by atoms with van der Waals surface area (Å²) in [6.45, 7) is 1.97. The number of aliphatic hydroxyl groups excluding tert-OH is 1. The van der Waals surface area contributed by atoms with Gasteiger partial charge in [0.05, 0.1) is 12.6 Å². The van der Waals surface area contributed by atoms with Gasteiger partial charge in [-0.2, -0.15) is 0 Å². The maximum absolute atomic E-state index is 8.85. The summed E-state index contributed by atoms with van der Waals surface area (Å²) in [6.07, 6.45) is 0. The summed E-state index contributed by atoms with van der Waals surface area (Å²) in [5.74, 6) is 0. The summed E-state index contributed by atoms with van der Waals surface area (Å²) < 4.78 is 1.04. The molecule has 0 saturated heterocycles. The van der Waals surface area contributed by atoms with Crippen molar-refractivity contribution in [3.8, 4) is 0 Å². The second-order valence-electron chi connectivity index (χ2n) is 2.79. The van der Waals surface area contributed by atoms with Crippen LogP contribution in [-0.2, 0) is 0 Å². The fourth-order valence-corrected chi connectivity index (χ4v) is 1.63. The highest BCUT2D eigenvalue weighted by Gasteiger charge is 2.06. The molecule has 0 aromatic heterocycles. The van der Waals surface area contributed by atoms with Crippen LogP contribution in [0.5, 0.6) is 0 Å². The first-order chi connectivity index (χ1) is 5.65. The van der Waals surface area contributed by atoms with E-state index in [9.17, 15) is 0 Å². The minimum Gasteiger partial charge on any atom is -0.394 e. The molecule has 4 heteroatoms. The van der Waals surface area contributed by atoms with Crippen molar-refractivity contribution < 1.29 is 5.11 Å². The number of hydrogen-bond donors (Lipinski definition) is 2. The quantitative estimate of drug-likeness (QED) is 0.862. The van der Waals surface area contributed by atoms with Crippen molar-refractivity contribution in [3.05, 3.63) is 33.8 Å². The molecule has 1 rings (SSSR count). The number of aryl methyl sites for hydroxylation is 1. The molecule has 0 amide bonds. The van der Waals surface area contributed by atoms with Crippen LogP contribution < -0.4 is 5.73 Å². The maximum atomic E-state index is 8.85. The van der Waals surface area contributed by atoms with E-state index >= 15 is 0 Å². The fourth-order valence-electron chi connectivity index (χ4n) is 1.15. The number of nitrogens with two attached hydrogens (primary N) is 1. The first-order valence-corrected chi connectivity index (χ1v) is 4.57. The molecule has 0 aliphatic heterocycles. The van der Waals surface area contributed by atoms with Crippen molar-refractivity contribution in [3.63, 3.8) is 0 Å². The first-order valence-electron chi connectivity index (χ1n) is 3.77. The molecule has 74 valence electrons. The molecule has 3 N–H and O–H groups in total. The number of rotatable bonds is 2. The second-order valence-corrected chi connectivity index (χ2v) is 3.71. The highest BCUT2D eigenvalue weighted by Crippen LogP contribution is 2.19. The molecule has 1 aromatic carbocycles. The van der Waals surface area contributed by atoms with Crippen LogP contribution >= 0.6 is 28.3 Å². The fraction of sp³-hybridized carbons (Fsp3) is 0.333. The lowest BCUT2D eigenvalue weighted by Gasteiger charge is -2.11. The van der Waals surface area contributed by atoms with Gasteiger partial charge in [-0.1, -0.05) is 22.0 Å². The van der Waals surface area contributed by atoms with Gasteiger partial charge in [-0.15, -0.1) is 12.4 Å². The zero-order valence-electron chi connectivity index (χ0n) is 7.33. The van der Waals surface area contributed by atoms with Gasteiger partial charge in [0.1, 0.15) is 0 Å². The van der Waals surface area contributed by atoms with Crippen LogP contribution in [0.4, 0.5) is 0 Å². The van der Waals surface area contributed by atoms with E-state index in [0.717, 1.165) is 15.6 Å². The number of benzene rings is 1. The average Bonchev–Trinajstić information content (AvgIpc) is 2.03. The summed E-state index contributed by atoms with van der Waals surface area (Å²) in [6, 6.07) is 5.58. The minimum atomic E-state index is -0.266. The SMILES string of the molecule is Cc1cc(Br)ccc1[C@@H](N)CO.Cl. The Balaban J connectivity index is 0.00000144. The van der Waals surface area contributed by atoms with Crippen LogP contribution in [0, 0.1) is 6.92 Å². The molecule has 1 atom stereocenters. The Kier molecular flexibility index (Phi) is 5.56. The zero-order chi connectivity index (χ0) is 9.14. The van der Waals surface area contributed by atoms with Crippen molar-refractivity contribution in [2.75, 3.05) is 6.61 Å². The van der Waals surface area contributed by atoms with Gasteiger partial charge in [-0.05, 0) is 30.2 Å². The van der Waals surface area contributed by atoms with Crippen LogP contribution in [0.3, 0.4) is 0 Å². The lowest BCUT2D eigenvalue weighted by atomic mass is 10.0. The van der Waals surface area contributed by atoms with Gasteiger partial charge in [0.2, 0.25) is 0 Å². The number of hydrogen-bond acceptors (Lipinski definition) is 2. The van der Waals surface area contributed by atoms with Gasteiger partial charge in [-0.3, -0.25) is 0 Å². The molecule has 0 unspecified atom stereocenters. The van der Waals surface area contributed by atoms with E-state index in [1.165, 1.54) is 0 Å². The summed E-state index contributed by atoms with van der Waals surface area (Å²) in [7, 11) is 0. The highest BCUT2D eigenvalue weighted by atomic mass is 79.9. The standard InChI is InChI=1S/C9H12BrNO.ClH/c1-6-4-7(10)2-3-8(6)9(11)5-12;/h2-4,9,12H,5,11H2,1H3;1H/t9-;/m0./s1. The van der Waals surface area contributed by atoms with Gasteiger partial charge in [0, 0.05) is 4.47 Å². The third-order valence-electron chi connectivity index (χ3n) is 1.83. The molecule has 2 nitrogen and oxygen atoms in total. The lowest BCUT2D eigenvalue weighted by molar-refractivity contribution is 0.267. The summed E-state index contributed by atoms with van der Waals surface area (Å²) >= 11 is 3.36. The molecule has 0 bridgehead atoms. The van der Waals surface area contributed by atoms with Crippen molar-refractivity contribution in [2.45, 2.75) is 13.0 Å². The van der Waals surface area contributed by atoms with Crippen LogP contribution in [0.1, 0.15) is 17.2 Å². The zero-order valence-corrected chi connectivity index (χ0v) is 9.73. The van der Waals surface area contributed by atoms with E-state index in [0.29, 0.717) is 0 Å². The normalized spacial score (nSPS) is 12.0. The molecule has 0 aliphatic carbocycles.